The number of hydrogen-bond donors (Lipinski definition) is 6. The predicted octanol–water partition coefficient (Wildman–Crippen LogP) is 1.21. The van der Waals surface area contributed by atoms with Crippen LogP contribution in [0.1, 0.15) is 22.5 Å². The van der Waals surface area contributed by atoms with Gasteiger partial charge in [0.1, 0.15) is 0 Å². The first-order chi connectivity index (χ1) is 15.2. The van der Waals surface area contributed by atoms with Crippen LogP contribution in [0.4, 0.5) is 16.4 Å². The number of nitrogens with zero attached hydrogens (tertiary/aromatic N) is 3. The van der Waals surface area contributed by atoms with Gasteiger partial charge in [0.25, 0.3) is 0 Å². The third-order valence-electron chi connectivity index (χ3n) is 4.00. The summed E-state index contributed by atoms with van der Waals surface area (Å²) >= 11 is -3.02. The summed E-state index contributed by atoms with van der Waals surface area (Å²) in [6.45, 7) is 0.238. The van der Waals surface area contributed by atoms with Gasteiger partial charge in [0.15, 0.2) is 0 Å². The van der Waals surface area contributed by atoms with Crippen molar-refractivity contribution < 1.29 is 24.6 Å². The van der Waals surface area contributed by atoms with Crippen LogP contribution in [0.3, 0.4) is 0 Å². The van der Waals surface area contributed by atoms with Crippen molar-refractivity contribution in [3.63, 3.8) is 0 Å². The van der Waals surface area contributed by atoms with Gasteiger partial charge in [0.2, 0.25) is 5.95 Å². The number of hydrogen-bond acceptors (Lipinski definition) is 9. The van der Waals surface area contributed by atoms with Gasteiger partial charge >= 0.3 is 161 Å². The predicted molar refractivity (Wildman–Crippen MR) is 123 cm³/mol. The average Bonchev–Trinajstić information content (AvgIpc) is 2.75. The Balaban J connectivity index is 1.62. The van der Waals surface area contributed by atoms with Crippen LogP contribution in [-0.2, 0) is 11.3 Å². The molecule has 0 bridgehead atoms. The first kappa shape index (κ1) is 22.9. The second kappa shape index (κ2) is 9.99. The summed E-state index contributed by atoms with van der Waals surface area (Å²) in [5.41, 5.74) is 6.54. The number of halogens is 1. The van der Waals surface area contributed by atoms with E-state index in [0.29, 0.717) is 11.4 Å². The number of nitrogen functional groups attached to an aromatic ring is 1. The Bertz CT molecular complexity index is 1230. The normalized spacial score (nSPS) is 11.1. The minimum absolute atomic E-state index is 0.0497. The van der Waals surface area contributed by atoms with Crippen molar-refractivity contribution >= 4 is 58.7 Å². The molecule has 1 aromatic carbocycles. The molecule has 2 heterocycles. The van der Waals surface area contributed by atoms with Crippen LogP contribution in [0.15, 0.2) is 35.3 Å². The minimum Gasteiger partial charge on any atom is -0.291 e. The molecule has 0 aliphatic heterocycles. The molecule has 32 heavy (non-hydrogen) atoms. The van der Waals surface area contributed by atoms with Crippen molar-refractivity contribution in [2.75, 3.05) is 15.5 Å². The fourth-order valence-electron chi connectivity index (χ4n) is 2.49. The first-order valence-corrected chi connectivity index (χ1v) is 12.7. The Morgan fingerprint density at radius 2 is 1.84 bits per heavy atom. The number of amides is 1. The molecule has 0 unspecified atom stereocenters. The molecule has 0 saturated heterocycles. The molecule has 1 amide bonds. The molecule has 0 spiro atoms. The number of benzene rings is 1. The third kappa shape index (κ3) is 5.87. The molecule has 0 atom stereocenters. The Morgan fingerprint density at radius 1 is 1.12 bits per heavy atom. The molecule has 0 saturated carbocycles. The van der Waals surface area contributed by atoms with E-state index in [1.807, 2.05) is 0 Å². The summed E-state index contributed by atoms with van der Waals surface area (Å²) in [5, 5.41) is 21.0. The molecule has 13 nitrogen and oxygen atoms in total. The summed E-state index contributed by atoms with van der Waals surface area (Å²) in [4.78, 5) is 60.7. The Labute approximate surface area is 187 Å². The number of nitrogens with two attached hydrogens (primary N) is 1. The van der Waals surface area contributed by atoms with E-state index in [0.717, 1.165) is 0 Å². The van der Waals surface area contributed by atoms with E-state index in [1.54, 1.807) is 12.1 Å². The molecule has 0 aliphatic rings. The Kier molecular flexibility index (Phi) is 7.14. The molecule has 168 valence electrons. The van der Waals surface area contributed by atoms with Crippen molar-refractivity contribution in [2.45, 2.75) is 13.0 Å². The smallest absolute Gasteiger partial charge is 0.291 e. The standard InChI is InChI=1S/C18H18IN7O6/c20-18-24-14-13(16(30)25-18)23-11(8-22-14)7-21-10-3-1-9(2-4-10)15(29)26-19(17(31)32)6-5-12(27)28/h1-4,8,21H,5-7H2,(H,26,29)(H,27,28)(H,31,32)(H3,20,22,24,25,30). The minimum atomic E-state index is -3.02. The van der Waals surface area contributed by atoms with E-state index >= 15 is 0 Å². The number of nitrogens with one attached hydrogen (secondary N) is 3. The van der Waals surface area contributed by atoms with Crippen LogP contribution in [0, 0.1) is 0 Å². The summed E-state index contributed by atoms with van der Waals surface area (Å²) in [6, 6.07) is 6.26. The summed E-state index contributed by atoms with van der Waals surface area (Å²) in [7, 11) is 0. The number of carbonyl (C=O) groups is 3. The van der Waals surface area contributed by atoms with E-state index in [1.165, 1.54) is 18.3 Å². The number of carbonyl (C=O) groups excluding carboxylic acids is 1. The van der Waals surface area contributed by atoms with Gasteiger partial charge in [0, 0.05) is 0 Å². The van der Waals surface area contributed by atoms with Crippen LogP contribution in [0.2, 0.25) is 0 Å². The number of rotatable bonds is 9. The Hall–Kier alpha value is -3.82. The zero-order valence-electron chi connectivity index (χ0n) is 16.3. The number of carboxylic acid groups (broad SMARTS) is 2. The molecular formula is C18H18IN7O6. The number of anilines is 2. The van der Waals surface area contributed by atoms with E-state index < -0.39 is 41.5 Å². The number of aliphatic carboxylic acids is 1. The number of aromatic nitrogens is 4. The number of aromatic amines is 1. The molecule has 3 aromatic rings. The van der Waals surface area contributed by atoms with Gasteiger partial charge in [-0.05, 0) is 0 Å². The molecule has 2 aromatic heterocycles. The topological polar surface area (TPSA) is 213 Å². The molecule has 0 fully saturated rings. The van der Waals surface area contributed by atoms with E-state index in [-0.39, 0.29) is 40.1 Å². The fraction of sp³-hybridized carbons (Fsp3) is 0.167. The molecule has 7 N–H and O–H groups in total. The molecule has 0 radical (unpaired) electrons. The summed E-state index contributed by atoms with van der Waals surface area (Å²) < 4.78 is 1.23. The van der Waals surface area contributed by atoms with Crippen LogP contribution in [0.25, 0.3) is 11.2 Å². The van der Waals surface area contributed by atoms with E-state index in [4.69, 9.17) is 10.8 Å². The maximum atomic E-state index is 12.3. The zero-order valence-corrected chi connectivity index (χ0v) is 18.5. The van der Waals surface area contributed by atoms with Crippen molar-refractivity contribution in [3.05, 3.63) is 52.1 Å². The van der Waals surface area contributed by atoms with Gasteiger partial charge in [-0.2, -0.15) is 4.98 Å². The van der Waals surface area contributed by atoms with Gasteiger partial charge in [-0.25, -0.2) is 0 Å². The SMILES string of the molecule is Nc1nc2ncc(CNc3ccc(C(=O)NI(CCC(=O)O)C(=O)O)cc3)nc2c(=O)[nH]1. The number of alkyl halides is 1. The monoisotopic (exact) mass is 555 g/mol. The second-order valence-electron chi connectivity index (χ2n) is 6.29. The molecule has 0 aliphatic carbocycles. The van der Waals surface area contributed by atoms with Gasteiger partial charge in [0.05, 0.1) is 0 Å². The fourth-order valence-corrected chi connectivity index (χ4v) is 5.36. The number of H-pyrrole nitrogens is 1. The van der Waals surface area contributed by atoms with Gasteiger partial charge in [-0.3, -0.25) is 9.78 Å². The maximum absolute atomic E-state index is 12.3. The number of fused-ring (bicyclic) bond motifs is 1. The quantitative estimate of drug-likeness (QED) is 0.0955. The molecular weight excluding hydrogens is 537 g/mol. The van der Waals surface area contributed by atoms with Gasteiger partial charge < -0.3 is 5.73 Å². The molecule has 14 heteroatoms. The molecule has 3 rings (SSSR count). The summed E-state index contributed by atoms with van der Waals surface area (Å²) in [6.07, 6.45) is 1.14. The van der Waals surface area contributed by atoms with Crippen molar-refractivity contribution in [1.29, 1.82) is 0 Å². The van der Waals surface area contributed by atoms with Crippen LogP contribution in [0.5, 0.6) is 0 Å². The first-order valence-electron chi connectivity index (χ1n) is 8.99. The average molecular weight is 555 g/mol. The van der Waals surface area contributed by atoms with Crippen LogP contribution < -0.4 is 20.1 Å². The van der Waals surface area contributed by atoms with Gasteiger partial charge in [-0.15, -0.1) is 0 Å². The number of carboxylic acids is 1. The Morgan fingerprint density at radius 3 is 2.50 bits per heavy atom. The van der Waals surface area contributed by atoms with Crippen LogP contribution in [-0.4, -0.2) is 50.4 Å². The second-order valence-corrected chi connectivity index (χ2v) is 10.9. The van der Waals surface area contributed by atoms with Crippen LogP contribution >= 0.6 is 20.1 Å². The van der Waals surface area contributed by atoms with Crippen molar-refractivity contribution in [3.8, 4) is 0 Å². The van der Waals surface area contributed by atoms with Gasteiger partial charge in [-0.1, -0.05) is 0 Å². The van der Waals surface area contributed by atoms with E-state index in [2.05, 4.69) is 28.8 Å². The van der Waals surface area contributed by atoms with Crippen molar-refractivity contribution in [2.24, 2.45) is 0 Å². The zero-order chi connectivity index (χ0) is 23.3. The van der Waals surface area contributed by atoms with Crippen molar-refractivity contribution in [1.82, 2.24) is 23.5 Å². The third-order valence-corrected chi connectivity index (χ3v) is 7.87. The van der Waals surface area contributed by atoms with E-state index in [9.17, 15) is 24.3 Å². The summed E-state index contributed by atoms with van der Waals surface area (Å²) in [5.74, 6) is -1.73.